The van der Waals surface area contributed by atoms with Crippen LogP contribution in [0, 0.1) is 11.8 Å². The largest absolute Gasteiger partial charge is 0.305 e. The average Bonchev–Trinajstić information content (AvgIpc) is 2.52. The fourth-order valence-corrected chi connectivity index (χ4v) is 4.73. The standard InChI is InChI=1S/C19H35N3/c1-16-6-4-7-17(2)19(16)15-21-10-12-22(13-11-21)18-8-5-9-20(3)14-18/h6,17-19H,4-5,7-15H2,1-3H3. The molecule has 2 heterocycles. The summed E-state index contributed by atoms with van der Waals surface area (Å²) in [7, 11) is 2.28. The van der Waals surface area contributed by atoms with Crippen LogP contribution in [0.4, 0.5) is 0 Å². The van der Waals surface area contributed by atoms with Gasteiger partial charge in [0.15, 0.2) is 0 Å². The number of rotatable bonds is 3. The van der Waals surface area contributed by atoms with Crippen LogP contribution in [0.1, 0.15) is 39.5 Å². The summed E-state index contributed by atoms with van der Waals surface area (Å²) in [4.78, 5) is 8.00. The van der Waals surface area contributed by atoms with Crippen molar-refractivity contribution < 1.29 is 0 Å². The predicted octanol–water partition coefficient (Wildman–Crippen LogP) is 2.69. The van der Waals surface area contributed by atoms with Crippen LogP contribution in [0.3, 0.4) is 0 Å². The summed E-state index contributed by atoms with van der Waals surface area (Å²) in [6.07, 6.45) is 7.96. The van der Waals surface area contributed by atoms with Gasteiger partial charge in [0.05, 0.1) is 0 Å². The Balaban J connectivity index is 1.47. The van der Waals surface area contributed by atoms with Gasteiger partial charge in [-0.3, -0.25) is 4.90 Å². The second kappa shape index (κ2) is 7.46. The molecule has 0 amide bonds. The first-order chi connectivity index (χ1) is 10.6. The van der Waals surface area contributed by atoms with Crippen LogP contribution in [0.15, 0.2) is 11.6 Å². The van der Waals surface area contributed by atoms with Crippen LogP contribution >= 0.6 is 0 Å². The minimum atomic E-state index is 0.807. The number of hydrogen-bond acceptors (Lipinski definition) is 3. The Labute approximate surface area is 137 Å². The minimum absolute atomic E-state index is 0.807. The van der Waals surface area contributed by atoms with Gasteiger partial charge in [0.1, 0.15) is 0 Å². The Morgan fingerprint density at radius 1 is 1.09 bits per heavy atom. The molecule has 2 fully saturated rings. The molecule has 22 heavy (non-hydrogen) atoms. The lowest BCUT2D eigenvalue weighted by Gasteiger charge is -2.44. The molecule has 3 atom stereocenters. The molecule has 3 rings (SSSR count). The van der Waals surface area contributed by atoms with Crippen molar-refractivity contribution >= 4 is 0 Å². The van der Waals surface area contributed by atoms with E-state index in [-0.39, 0.29) is 0 Å². The maximum absolute atomic E-state index is 2.76. The predicted molar refractivity (Wildman–Crippen MR) is 94.2 cm³/mol. The first-order valence-electron chi connectivity index (χ1n) is 9.45. The van der Waals surface area contributed by atoms with Gasteiger partial charge < -0.3 is 9.80 Å². The second-order valence-corrected chi connectivity index (χ2v) is 8.00. The number of piperidine rings is 1. The Kier molecular flexibility index (Phi) is 5.59. The lowest BCUT2D eigenvalue weighted by molar-refractivity contribution is 0.0519. The van der Waals surface area contributed by atoms with Crippen LogP contribution in [-0.4, -0.2) is 73.6 Å². The Morgan fingerprint density at radius 3 is 2.55 bits per heavy atom. The van der Waals surface area contributed by atoms with Crippen molar-refractivity contribution in [3.8, 4) is 0 Å². The molecule has 0 spiro atoms. The van der Waals surface area contributed by atoms with Crippen molar-refractivity contribution in [2.24, 2.45) is 11.8 Å². The fraction of sp³-hybridized carbons (Fsp3) is 0.895. The van der Waals surface area contributed by atoms with Crippen molar-refractivity contribution in [1.82, 2.24) is 14.7 Å². The zero-order chi connectivity index (χ0) is 15.5. The zero-order valence-corrected chi connectivity index (χ0v) is 14.9. The van der Waals surface area contributed by atoms with E-state index < -0.39 is 0 Å². The quantitative estimate of drug-likeness (QED) is 0.742. The van der Waals surface area contributed by atoms with E-state index >= 15 is 0 Å². The van der Waals surface area contributed by atoms with Gasteiger partial charge in [-0.05, 0) is 58.0 Å². The van der Waals surface area contributed by atoms with E-state index in [1.54, 1.807) is 5.57 Å². The molecule has 0 saturated carbocycles. The molecule has 0 aromatic carbocycles. The molecule has 0 radical (unpaired) electrons. The van der Waals surface area contributed by atoms with E-state index in [1.807, 2.05) is 0 Å². The molecule has 2 aliphatic heterocycles. The molecule has 0 aromatic rings. The van der Waals surface area contributed by atoms with Gasteiger partial charge in [-0.2, -0.15) is 0 Å². The Morgan fingerprint density at radius 2 is 1.86 bits per heavy atom. The number of nitrogens with zero attached hydrogens (tertiary/aromatic N) is 3. The summed E-state index contributed by atoms with van der Waals surface area (Å²) in [5, 5.41) is 0. The average molecular weight is 306 g/mol. The molecule has 3 heteroatoms. The van der Waals surface area contributed by atoms with Crippen LogP contribution in [0.5, 0.6) is 0 Å². The highest BCUT2D eigenvalue weighted by Crippen LogP contribution is 2.31. The highest BCUT2D eigenvalue weighted by atomic mass is 15.3. The van der Waals surface area contributed by atoms with Crippen molar-refractivity contribution in [3.63, 3.8) is 0 Å². The molecule has 2 saturated heterocycles. The van der Waals surface area contributed by atoms with E-state index in [0.29, 0.717) is 0 Å². The lowest BCUT2D eigenvalue weighted by atomic mass is 9.79. The molecular weight excluding hydrogens is 270 g/mol. The number of likely N-dealkylation sites (N-methyl/N-ethyl adjacent to an activating group) is 1. The third-order valence-corrected chi connectivity index (χ3v) is 6.34. The first kappa shape index (κ1) is 16.5. The van der Waals surface area contributed by atoms with E-state index in [2.05, 4.69) is 41.7 Å². The topological polar surface area (TPSA) is 9.72 Å². The number of likely N-dealkylation sites (tertiary alicyclic amines) is 1. The highest BCUT2D eigenvalue weighted by molar-refractivity contribution is 5.09. The van der Waals surface area contributed by atoms with Gasteiger partial charge in [0, 0.05) is 45.3 Å². The maximum Gasteiger partial charge on any atom is 0.0224 e. The summed E-state index contributed by atoms with van der Waals surface area (Å²) in [6, 6.07) is 0.816. The van der Waals surface area contributed by atoms with Crippen molar-refractivity contribution in [2.75, 3.05) is 52.9 Å². The number of allylic oxidation sites excluding steroid dienone is 1. The maximum atomic E-state index is 2.76. The monoisotopic (exact) mass is 305 g/mol. The van der Waals surface area contributed by atoms with Crippen LogP contribution in [0.25, 0.3) is 0 Å². The molecule has 3 aliphatic rings. The molecule has 0 N–H and O–H groups in total. The van der Waals surface area contributed by atoms with E-state index in [9.17, 15) is 0 Å². The molecular formula is C19H35N3. The normalized spacial score (nSPS) is 36.3. The fourth-order valence-electron chi connectivity index (χ4n) is 4.73. The molecule has 3 nitrogen and oxygen atoms in total. The molecule has 126 valence electrons. The second-order valence-electron chi connectivity index (χ2n) is 8.00. The summed E-state index contributed by atoms with van der Waals surface area (Å²) in [5.41, 5.74) is 1.65. The minimum Gasteiger partial charge on any atom is -0.305 e. The lowest BCUT2D eigenvalue weighted by Crippen LogP contribution is -2.55. The van der Waals surface area contributed by atoms with Gasteiger partial charge >= 0.3 is 0 Å². The van der Waals surface area contributed by atoms with Gasteiger partial charge in [-0.15, -0.1) is 0 Å². The van der Waals surface area contributed by atoms with E-state index in [1.165, 1.54) is 71.5 Å². The number of piperazine rings is 1. The van der Waals surface area contributed by atoms with Crippen LogP contribution < -0.4 is 0 Å². The van der Waals surface area contributed by atoms with Crippen LogP contribution in [0.2, 0.25) is 0 Å². The molecule has 0 aromatic heterocycles. The van der Waals surface area contributed by atoms with E-state index in [0.717, 1.165) is 17.9 Å². The molecule has 0 bridgehead atoms. The number of hydrogen-bond donors (Lipinski definition) is 0. The molecule has 3 unspecified atom stereocenters. The smallest absolute Gasteiger partial charge is 0.0224 e. The van der Waals surface area contributed by atoms with Gasteiger partial charge in [-0.1, -0.05) is 18.6 Å². The Hall–Kier alpha value is -0.380. The SMILES string of the molecule is CC1=CCCC(C)C1CN1CCN(C2CCCN(C)C2)CC1. The summed E-state index contributed by atoms with van der Waals surface area (Å²) in [5.74, 6) is 1.68. The van der Waals surface area contributed by atoms with Crippen LogP contribution in [-0.2, 0) is 0 Å². The molecule has 1 aliphatic carbocycles. The summed E-state index contributed by atoms with van der Waals surface area (Å²) in [6.45, 7) is 13.8. The Bertz CT molecular complexity index is 384. The summed E-state index contributed by atoms with van der Waals surface area (Å²) < 4.78 is 0. The zero-order valence-electron chi connectivity index (χ0n) is 14.9. The van der Waals surface area contributed by atoms with Crippen molar-refractivity contribution in [3.05, 3.63) is 11.6 Å². The van der Waals surface area contributed by atoms with E-state index in [4.69, 9.17) is 0 Å². The van der Waals surface area contributed by atoms with Crippen molar-refractivity contribution in [1.29, 1.82) is 0 Å². The van der Waals surface area contributed by atoms with Crippen molar-refractivity contribution in [2.45, 2.75) is 45.6 Å². The third kappa shape index (κ3) is 3.93. The first-order valence-corrected chi connectivity index (χ1v) is 9.45. The van der Waals surface area contributed by atoms with Gasteiger partial charge in [0.2, 0.25) is 0 Å². The summed E-state index contributed by atoms with van der Waals surface area (Å²) >= 11 is 0. The van der Waals surface area contributed by atoms with Gasteiger partial charge in [-0.25, -0.2) is 0 Å². The van der Waals surface area contributed by atoms with Gasteiger partial charge in [0.25, 0.3) is 0 Å². The third-order valence-electron chi connectivity index (χ3n) is 6.34. The highest BCUT2D eigenvalue weighted by Gasteiger charge is 2.29.